The maximum absolute atomic E-state index is 13.8. The first-order valence-corrected chi connectivity index (χ1v) is 13.4. The quantitative estimate of drug-likeness (QED) is 0.320. The average molecular weight is 512 g/mol. The van der Waals surface area contributed by atoms with Gasteiger partial charge in [-0.15, -0.1) is 0 Å². The molecule has 0 radical (unpaired) electrons. The first-order valence-electron chi connectivity index (χ1n) is 13.4. The molecule has 5 rings (SSSR count). The lowest BCUT2D eigenvalue weighted by atomic mass is 9.55. The van der Waals surface area contributed by atoms with Crippen LogP contribution in [0.1, 0.15) is 54.1 Å². The van der Waals surface area contributed by atoms with Crippen LogP contribution in [-0.4, -0.2) is 37.1 Å². The maximum atomic E-state index is 13.8. The Balaban J connectivity index is 1.79. The lowest BCUT2D eigenvalue weighted by Crippen LogP contribution is -2.66. The van der Waals surface area contributed by atoms with Gasteiger partial charge in [-0.3, -0.25) is 14.5 Å². The minimum atomic E-state index is -1.50. The molecule has 3 aromatic rings. The van der Waals surface area contributed by atoms with E-state index in [1.165, 1.54) is 30.9 Å². The fourth-order valence-corrected chi connectivity index (χ4v) is 7.38. The van der Waals surface area contributed by atoms with E-state index in [2.05, 4.69) is 56.0 Å². The van der Waals surface area contributed by atoms with Crippen LogP contribution >= 0.6 is 0 Å². The summed E-state index contributed by atoms with van der Waals surface area (Å²) in [5.74, 6) is -1.04. The van der Waals surface area contributed by atoms with Gasteiger partial charge >= 0.3 is 11.9 Å². The highest BCUT2D eigenvalue weighted by Gasteiger charge is 2.65. The lowest BCUT2D eigenvalue weighted by Gasteiger charge is -2.60. The number of carbonyl (C=O) groups excluding carboxylic acids is 2. The SMILES string of the molecule is COC(=O)C1(C(=O)OC)CC2Cc3ccc(C)cc3C(C)(C)C2N(Cc2ccccc2)C1c1ccccc1. The zero-order valence-corrected chi connectivity index (χ0v) is 22.9. The van der Waals surface area contributed by atoms with E-state index in [1.807, 2.05) is 48.5 Å². The van der Waals surface area contributed by atoms with E-state index in [4.69, 9.17) is 9.47 Å². The van der Waals surface area contributed by atoms with E-state index in [1.54, 1.807) is 0 Å². The summed E-state index contributed by atoms with van der Waals surface area (Å²) in [6, 6.07) is 26.4. The third kappa shape index (κ3) is 4.14. The molecule has 0 spiro atoms. The molecule has 3 aromatic carbocycles. The fraction of sp³-hybridized carbons (Fsp3) is 0.394. The summed E-state index contributed by atoms with van der Waals surface area (Å²) in [6.07, 6.45) is 1.14. The van der Waals surface area contributed by atoms with Gasteiger partial charge in [0.2, 0.25) is 0 Å². The van der Waals surface area contributed by atoms with Crippen molar-refractivity contribution in [2.75, 3.05) is 14.2 Å². The number of piperidine rings is 1. The number of ether oxygens (including phenoxy) is 2. The third-order valence-corrected chi connectivity index (χ3v) is 8.79. The molecular weight excluding hydrogens is 474 g/mol. The molecule has 5 nitrogen and oxygen atoms in total. The molecule has 1 fully saturated rings. The van der Waals surface area contributed by atoms with Gasteiger partial charge in [0.1, 0.15) is 0 Å². The van der Waals surface area contributed by atoms with Crippen LogP contribution in [0.15, 0.2) is 78.9 Å². The van der Waals surface area contributed by atoms with Gasteiger partial charge in [0.15, 0.2) is 5.41 Å². The first-order chi connectivity index (χ1) is 18.2. The van der Waals surface area contributed by atoms with Crippen molar-refractivity contribution >= 4 is 11.9 Å². The molecule has 3 atom stereocenters. The van der Waals surface area contributed by atoms with E-state index in [-0.39, 0.29) is 17.4 Å². The summed E-state index contributed by atoms with van der Waals surface area (Å²) < 4.78 is 10.8. The van der Waals surface area contributed by atoms with Crippen LogP contribution < -0.4 is 0 Å². The zero-order valence-electron chi connectivity index (χ0n) is 22.9. The Morgan fingerprint density at radius 2 is 1.50 bits per heavy atom. The molecule has 0 bridgehead atoms. The van der Waals surface area contributed by atoms with Crippen molar-refractivity contribution in [2.45, 2.75) is 57.7 Å². The Morgan fingerprint density at radius 3 is 2.11 bits per heavy atom. The maximum Gasteiger partial charge on any atom is 0.325 e. The van der Waals surface area contributed by atoms with Crippen molar-refractivity contribution < 1.29 is 19.1 Å². The van der Waals surface area contributed by atoms with Crippen molar-refractivity contribution in [3.8, 4) is 0 Å². The van der Waals surface area contributed by atoms with Crippen molar-refractivity contribution in [1.29, 1.82) is 0 Å². The molecule has 0 aromatic heterocycles. The van der Waals surface area contributed by atoms with E-state index in [0.717, 1.165) is 17.5 Å². The monoisotopic (exact) mass is 511 g/mol. The van der Waals surface area contributed by atoms with Crippen LogP contribution in [0.4, 0.5) is 0 Å². The highest BCUT2D eigenvalue weighted by molar-refractivity contribution is 6.01. The molecule has 1 aliphatic heterocycles. The zero-order chi connectivity index (χ0) is 27.1. The predicted molar refractivity (Wildman–Crippen MR) is 147 cm³/mol. The van der Waals surface area contributed by atoms with Crippen LogP contribution in [0, 0.1) is 18.3 Å². The standard InChI is InChI=1S/C33H37NO4/c1-22-16-17-25-19-26-20-33(30(35)37-4,31(36)38-5)29(24-14-10-7-11-15-24)34(21-23-12-8-6-9-13-23)28(26)32(2,3)27(25)18-22/h6-18,26,28-29H,19-21H2,1-5H3. The Labute approximate surface area is 225 Å². The fourth-order valence-electron chi connectivity index (χ4n) is 7.38. The molecule has 0 N–H and O–H groups in total. The topological polar surface area (TPSA) is 55.8 Å². The summed E-state index contributed by atoms with van der Waals surface area (Å²) in [7, 11) is 2.73. The molecule has 5 heteroatoms. The van der Waals surface area contributed by atoms with Gasteiger partial charge in [0, 0.05) is 18.0 Å². The minimum absolute atomic E-state index is 0.0436. The molecular formula is C33H37NO4. The second kappa shape index (κ2) is 10.0. The number of hydrogen-bond acceptors (Lipinski definition) is 5. The molecule has 38 heavy (non-hydrogen) atoms. The van der Waals surface area contributed by atoms with Gasteiger partial charge in [-0.2, -0.15) is 0 Å². The van der Waals surface area contributed by atoms with Crippen molar-refractivity contribution in [1.82, 2.24) is 4.90 Å². The number of nitrogens with zero attached hydrogens (tertiary/aromatic N) is 1. The van der Waals surface area contributed by atoms with Gasteiger partial charge in [-0.25, -0.2) is 0 Å². The van der Waals surface area contributed by atoms with Gasteiger partial charge in [-0.05, 0) is 47.9 Å². The predicted octanol–water partition coefficient (Wildman–Crippen LogP) is 5.79. The number of rotatable bonds is 5. The number of hydrogen-bond donors (Lipinski definition) is 0. The summed E-state index contributed by atoms with van der Waals surface area (Å²) in [4.78, 5) is 30.1. The summed E-state index contributed by atoms with van der Waals surface area (Å²) in [5.41, 5.74) is 4.16. The van der Waals surface area contributed by atoms with E-state index >= 15 is 0 Å². The third-order valence-electron chi connectivity index (χ3n) is 8.79. The number of fused-ring (bicyclic) bond motifs is 2. The summed E-state index contributed by atoms with van der Waals surface area (Å²) in [5, 5.41) is 0. The Bertz CT molecular complexity index is 1300. The normalized spacial score (nSPS) is 23.6. The molecule has 0 saturated carbocycles. The van der Waals surface area contributed by atoms with Crippen LogP contribution in [0.5, 0.6) is 0 Å². The van der Waals surface area contributed by atoms with Crippen LogP contribution in [-0.2, 0) is 37.4 Å². The number of benzene rings is 3. The largest absolute Gasteiger partial charge is 0.468 e. The molecule has 1 aliphatic carbocycles. The van der Waals surface area contributed by atoms with Gasteiger partial charge < -0.3 is 9.47 Å². The molecule has 1 heterocycles. The van der Waals surface area contributed by atoms with Crippen LogP contribution in [0.2, 0.25) is 0 Å². The first kappa shape index (κ1) is 26.2. The van der Waals surface area contributed by atoms with Gasteiger partial charge in [0.25, 0.3) is 0 Å². The molecule has 3 unspecified atom stereocenters. The van der Waals surface area contributed by atoms with Crippen molar-refractivity contribution in [2.24, 2.45) is 11.3 Å². The minimum Gasteiger partial charge on any atom is -0.468 e. The molecule has 0 amide bonds. The number of carbonyl (C=O) groups is 2. The van der Waals surface area contributed by atoms with E-state index in [9.17, 15) is 9.59 Å². The molecule has 2 aliphatic rings. The van der Waals surface area contributed by atoms with E-state index < -0.39 is 23.4 Å². The summed E-state index contributed by atoms with van der Waals surface area (Å²) >= 11 is 0. The van der Waals surface area contributed by atoms with E-state index in [0.29, 0.717) is 13.0 Å². The number of likely N-dealkylation sites (tertiary alicyclic amines) is 1. The lowest BCUT2D eigenvalue weighted by molar-refractivity contribution is -0.189. The number of methoxy groups -OCH3 is 2. The molecule has 1 saturated heterocycles. The average Bonchev–Trinajstić information content (AvgIpc) is 2.93. The van der Waals surface area contributed by atoms with Crippen molar-refractivity contribution in [3.63, 3.8) is 0 Å². The highest BCUT2D eigenvalue weighted by Crippen LogP contribution is 2.58. The van der Waals surface area contributed by atoms with Crippen molar-refractivity contribution in [3.05, 3.63) is 107 Å². The Hall–Kier alpha value is -3.44. The second-order valence-electron chi connectivity index (χ2n) is 11.4. The van der Waals surface area contributed by atoms with Crippen LogP contribution in [0.3, 0.4) is 0 Å². The Morgan fingerprint density at radius 1 is 0.895 bits per heavy atom. The smallest absolute Gasteiger partial charge is 0.325 e. The highest BCUT2D eigenvalue weighted by atomic mass is 16.5. The number of esters is 2. The molecule has 198 valence electrons. The van der Waals surface area contributed by atoms with Gasteiger partial charge in [-0.1, -0.05) is 98.3 Å². The summed E-state index contributed by atoms with van der Waals surface area (Å²) in [6.45, 7) is 7.34. The van der Waals surface area contributed by atoms with Gasteiger partial charge in [0.05, 0.1) is 20.3 Å². The van der Waals surface area contributed by atoms with Crippen LogP contribution in [0.25, 0.3) is 0 Å². The second-order valence-corrected chi connectivity index (χ2v) is 11.4. The Kier molecular flexibility index (Phi) is 6.91. The number of aryl methyl sites for hydroxylation is 1.